The fourth-order valence-corrected chi connectivity index (χ4v) is 2.66. The molecule has 0 aromatic carbocycles. The summed E-state index contributed by atoms with van der Waals surface area (Å²) >= 11 is 0. The van der Waals surface area contributed by atoms with Gasteiger partial charge in [-0.2, -0.15) is 5.06 Å². The molecule has 0 radical (unpaired) electrons. The SMILES string of the molecule is Cc1ccc([C@H]2[C@H]3C(=O)N(C)C(=O)[C@H]3ON2C)o1. The van der Waals surface area contributed by atoms with Gasteiger partial charge in [0.15, 0.2) is 6.10 Å². The molecule has 0 bridgehead atoms. The monoisotopic (exact) mass is 250 g/mol. The fourth-order valence-electron chi connectivity index (χ4n) is 2.66. The highest BCUT2D eigenvalue weighted by atomic mass is 16.7. The second-order valence-electron chi connectivity index (χ2n) is 4.73. The Labute approximate surface area is 104 Å². The van der Waals surface area contributed by atoms with Crippen molar-refractivity contribution in [1.82, 2.24) is 9.96 Å². The molecule has 3 heterocycles. The van der Waals surface area contributed by atoms with Crippen LogP contribution in [-0.2, 0) is 14.4 Å². The van der Waals surface area contributed by atoms with Crippen molar-refractivity contribution in [3.05, 3.63) is 23.7 Å². The van der Waals surface area contributed by atoms with E-state index in [0.29, 0.717) is 5.76 Å². The predicted octanol–water partition coefficient (Wildman–Crippen LogP) is 0.490. The predicted molar refractivity (Wildman–Crippen MR) is 60.1 cm³/mol. The number of amides is 2. The van der Waals surface area contributed by atoms with Gasteiger partial charge in [-0.3, -0.25) is 19.3 Å². The highest BCUT2D eigenvalue weighted by Gasteiger charge is 2.58. The van der Waals surface area contributed by atoms with Gasteiger partial charge in [-0.05, 0) is 19.1 Å². The molecule has 18 heavy (non-hydrogen) atoms. The number of imide groups is 1. The molecule has 2 saturated heterocycles. The third-order valence-electron chi connectivity index (χ3n) is 3.58. The van der Waals surface area contributed by atoms with Crippen molar-refractivity contribution in [2.45, 2.75) is 19.1 Å². The van der Waals surface area contributed by atoms with Crippen LogP contribution in [0.15, 0.2) is 16.5 Å². The Hall–Kier alpha value is -1.66. The van der Waals surface area contributed by atoms with Gasteiger partial charge in [0.2, 0.25) is 5.91 Å². The number of aryl methyl sites for hydroxylation is 1. The number of nitrogens with zero attached hydrogens (tertiary/aromatic N) is 2. The molecule has 6 nitrogen and oxygen atoms in total. The number of carbonyl (C=O) groups is 2. The van der Waals surface area contributed by atoms with E-state index >= 15 is 0 Å². The Balaban J connectivity index is 2.00. The quantitative estimate of drug-likeness (QED) is 0.679. The van der Waals surface area contributed by atoms with Crippen molar-refractivity contribution in [2.75, 3.05) is 14.1 Å². The normalized spacial score (nSPS) is 32.4. The summed E-state index contributed by atoms with van der Waals surface area (Å²) in [6.07, 6.45) is -0.720. The van der Waals surface area contributed by atoms with Crippen molar-refractivity contribution >= 4 is 11.8 Å². The van der Waals surface area contributed by atoms with Gasteiger partial charge in [-0.15, -0.1) is 0 Å². The summed E-state index contributed by atoms with van der Waals surface area (Å²) in [5.74, 6) is 0.403. The van der Waals surface area contributed by atoms with Crippen molar-refractivity contribution in [3.63, 3.8) is 0 Å². The summed E-state index contributed by atoms with van der Waals surface area (Å²) in [5.41, 5.74) is 0. The molecular weight excluding hydrogens is 236 g/mol. The van der Waals surface area contributed by atoms with E-state index in [-0.39, 0.29) is 17.9 Å². The summed E-state index contributed by atoms with van der Waals surface area (Å²) in [6, 6.07) is 3.31. The second-order valence-corrected chi connectivity index (χ2v) is 4.73. The van der Waals surface area contributed by atoms with Gasteiger partial charge in [0.25, 0.3) is 5.91 Å². The van der Waals surface area contributed by atoms with Crippen molar-refractivity contribution < 1.29 is 18.8 Å². The molecule has 1 aromatic heterocycles. The third kappa shape index (κ3) is 1.36. The maximum Gasteiger partial charge on any atom is 0.261 e. The zero-order valence-corrected chi connectivity index (χ0v) is 10.4. The Morgan fingerprint density at radius 1 is 1.17 bits per heavy atom. The molecule has 0 aliphatic carbocycles. The van der Waals surface area contributed by atoms with Crippen LogP contribution < -0.4 is 0 Å². The van der Waals surface area contributed by atoms with E-state index in [1.165, 1.54) is 12.1 Å². The summed E-state index contributed by atoms with van der Waals surface area (Å²) < 4.78 is 5.56. The summed E-state index contributed by atoms with van der Waals surface area (Å²) in [4.78, 5) is 30.5. The first-order chi connectivity index (χ1) is 8.50. The van der Waals surface area contributed by atoms with Crippen LogP contribution >= 0.6 is 0 Å². The molecule has 0 saturated carbocycles. The zero-order valence-electron chi connectivity index (χ0n) is 10.4. The zero-order chi connectivity index (χ0) is 13.0. The Morgan fingerprint density at radius 2 is 1.89 bits per heavy atom. The fraction of sp³-hybridized carbons (Fsp3) is 0.500. The van der Waals surface area contributed by atoms with E-state index in [2.05, 4.69) is 0 Å². The van der Waals surface area contributed by atoms with Crippen LogP contribution in [0.4, 0.5) is 0 Å². The number of furan rings is 1. The van der Waals surface area contributed by atoms with Crippen LogP contribution in [-0.4, -0.2) is 42.0 Å². The van der Waals surface area contributed by atoms with Crippen LogP contribution in [0.5, 0.6) is 0 Å². The minimum Gasteiger partial charge on any atom is -0.465 e. The van der Waals surface area contributed by atoms with E-state index in [0.717, 1.165) is 10.7 Å². The highest BCUT2D eigenvalue weighted by Crippen LogP contribution is 2.43. The van der Waals surface area contributed by atoms with E-state index in [1.807, 2.05) is 19.1 Å². The van der Waals surface area contributed by atoms with Crippen LogP contribution in [0.2, 0.25) is 0 Å². The van der Waals surface area contributed by atoms with Gasteiger partial charge < -0.3 is 4.42 Å². The summed E-state index contributed by atoms with van der Waals surface area (Å²) in [7, 11) is 3.19. The van der Waals surface area contributed by atoms with Gasteiger partial charge >= 0.3 is 0 Å². The highest BCUT2D eigenvalue weighted by molar-refractivity contribution is 6.06. The van der Waals surface area contributed by atoms with Crippen LogP contribution in [0.25, 0.3) is 0 Å². The van der Waals surface area contributed by atoms with Crippen molar-refractivity contribution in [3.8, 4) is 0 Å². The van der Waals surface area contributed by atoms with E-state index in [9.17, 15) is 9.59 Å². The first-order valence-corrected chi connectivity index (χ1v) is 5.78. The average molecular weight is 250 g/mol. The lowest BCUT2D eigenvalue weighted by Gasteiger charge is -2.20. The largest absolute Gasteiger partial charge is 0.465 e. The van der Waals surface area contributed by atoms with Gasteiger partial charge in [0.05, 0.1) is 0 Å². The first-order valence-electron chi connectivity index (χ1n) is 5.78. The number of likely N-dealkylation sites (N-methyl/N-ethyl adjacent to an activating group) is 1. The van der Waals surface area contributed by atoms with E-state index in [1.54, 1.807) is 7.05 Å². The Kier molecular flexibility index (Phi) is 2.33. The molecule has 3 atom stereocenters. The van der Waals surface area contributed by atoms with Crippen LogP contribution in [0, 0.1) is 12.8 Å². The molecule has 2 fully saturated rings. The molecule has 0 unspecified atom stereocenters. The Morgan fingerprint density at radius 3 is 2.50 bits per heavy atom. The van der Waals surface area contributed by atoms with Gasteiger partial charge in [0, 0.05) is 14.1 Å². The number of likely N-dealkylation sites (tertiary alicyclic amines) is 1. The molecule has 2 aliphatic heterocycles. The second kappa shape index (κ2) is 3.66. The lowest BCUT2D eigenvalue weighted by molar-refractivity contribution is -0.170. The third-order valence-corrected chi connectivity index (χ3v) is 3.58. The number of fused-ring (bicyclic) bond motifs is 1. The smallest absolute Gasteiger partial charge is 0.261 e. The lowest BCUT2D eigenvalue weighted by atomic mass is 9.95. The number of carbonyl (C=O) groups excluding carboxylic acids is 2. The van der Waals surface area contributed by atoms with Crippen LogP contribution in [0.3, 0.4) is 0 Å². The van der Waals surface area contributed by atoms with Crippen molar-refractivity contribution in [2.24, 2.45) is 5.92 Å². The average Bonchev–Trinajstić information content (AvgIpc) is 2.94. The molecule has 2 amide bonds. The number of hydrogen-bond acceptors (Lipinski definition) is 5. The van der Waals surface area contributed by atoms with Gasteiger partial charge in [0.1, 0.15) is 23.5 Å². The lowest BCUT2D eigenvalue weighted by Crippen LogP contribution is -2.33. The van der Waals surface area contributed by atoms with Gasteiger partial charge in [-0.25, -0.2) is 0 Å². The number of hydrogen-bond donors (Lipinski definition) is 0. The van der Waals surface area contributed by atoms with Crippen molar-refractivity contribution in [1.29, 1.82) is 0 Å². The first kappa shape index (κ1) is 11.4. The molecule has 0 N–H and O–H groups in total. The van der Waals surface area contributed by atoms with E-state index < -0.39 is 12.0 Å². The summed E-state index contributed by atoms with van der Waals surface area (Å²) in [6.45, 7) is 1.84. The molecule has 0 spiro atoms. The maximum absolute atomic E-state index is 12.1. The van der Waals surface area contributed by atoms with Crippen LogP contribution in [0.1, 0.15) is 17.6 Å². The topological polar surface area (TPSA) is 63.0 Å². The molecule has 96 valence electrons. The molecular formula is C12H14N2O4. The molecule has 6 heteroatoms. The maximum atomic E-state index is 12.1. The number of hydroxylamine groups is 2. The van der Waals surface area contributed by atoms with Gasteiger partial charge in [-0.1, -0.05) is 0 Å². The minimum absolute atomic E-state index is 0.214. The molecule has 1 aromatic rings. The minimum atomic E-state index is -0.720. The number of rotatable bonds is 1. The Bertz CT molecular complexity index is 524. The summed E-state index contributed by atoms with van der Waals surface area (Å²) in [5, 5.41) is 1.54. The molecule has 3 rings (SSSR count). The standard InChI is InChI=1S/C12H14N2O4/c1-6-4-5-7(17-6)9-8-10(18-14(9)3)12(16)13(2)11(8)15/h4-5,8-10H,1-3H3/t8-,9+,10+/m1/s1. The molecule has 2 aliphatic rings. The van der Waals surface area contributed by atoms with E-state index in [4.69, 9.17) is 9.25 Å².